The highest BCUT2D eigenvalue weighted by Gasteiger charge is 2.30. The first-order valence-electron chi connectivity index (χ1n) is 7.91. The lowest BCUT2D eigenvalue weighted by Gasteiger charge is -2.18. The largest absolute Gasteiger partial charge is 0.467 e. The van der Waals surface area contributed by atoms with E-state index in [1.807, 2.05) is 0 Å². The normalized spacial score (nSPS) is 11.4. The molecule has 0 saturated heterocycles. The van der Waals surface area contributed by atoms with E-state index in [4.69, 9.17) is 4.42 Å². The van der Waals surface area contributed by atoms with Crippen molar-refractivity contribution in [3.63, 3.8) is 0 Å². The van der Waals surface area contributed by atoms with E-state index in [9.17, 15) is 18.0 Å². The van der Waals surface area contributed by atoms with E-state index in [0.29, 0.717) is 29.0 Å². The van der Waals surface area contributed by atoms with E-state index < -0.39 is 11.7 Å². The molecule has 1 aromatic heterocycles. The molecule has 1 heterocycles. The van der Waals surface area contributed by atoms with Gasteiger partial charge in [-0.3, -0.25) is 4.79 Å². The van der Waals surface area contributed by atoms with Crippen LogP contribution in [0.2, 0.25) is 0 Å². The number of alkyl halides is 3. The van der Waals surface area contributed by atoms with Gasteiger partial charge in [0.25, 0.3) is 5.91 Å². The van der Waals surface area contributed by atoms with Crippen LogP contribution in [0, 0.1) is 0 Å². The fourth-order valence-corrected chi connectivity index (χ4v) is 2.67. The summed E-state index contributed by atoms with van der Waals surface area (Å²) in [6, 6.07) is 15.1. The quantitative estimate of drug-likeness (QED) is 0.638. The maximum atomic E-state index is 12.8. The Bertz CT molecular complexity index is 884. The Balaban J connectivity index is 1.89. The number of hydrogen-bond acceptors (Lipinski definition) is 2. The summed E-state index contributed by atoms with van der Waals surface area (Å²) in [5.41, 5.74) is 0.826. The predicted octanol–water partition coefficient (Wildman–Crippen LogP) is 5.24. The molecule has 0 unspecified atom stereocenters. The molecule has 0 aliphatic rings. The van der Waals surface area contributed by atoms with Crippen molar-refractivity contribution < 1.29 is 22.4 Å². The molecular weight excluding hydrogens is 343 g/mol. The molecule has 0 aliphatic carbocycles. The monoisotopic (exact) mass is 359 g/mol. The van der Waals surface area contributed by atoms with Crippen LogP contribution in [-0.4, -0.2) is 17.9 Å². The molecule has 0 radical (unpaired) electrons. The van der Waals surface area contributed by atoms with Crippen LogP contribution in [-0.2, 0) is 12.7 Å². The van der Waals surface area contributed by atoms with Crippen LogP contribution < -0.4 is 0 Å². The van der Waals surface area contributed by atoms with Crippen LogP contribution in [0.1, 0.15) is 21.7 Å². The third kappa shape index (κ3) is 3.79. The lowest BCUT2D eigenvalue weighted by Crippen LogP contribution is -2.26. The van der Waals surface area contributed by atoms with Gasteiger partial charge in [0.15, 0.2) is 0 Å². The van der Waals surface area contributed by atoms with Crippen molar-refractivity contribution in [2.45, 2.75) is 12.7 Å². The van der Waals surface area contributed by atoms with Crippen molar-refractivity contribution in [1.29, 1.82) is 0 Å². The summed E-state index contributed by atoms with van der Waals surface area (Å²) in [6.45, 7) is 0.299. The third-order valence-corrected chi connectivity index (χ3v) is 4.00. The molecule has 6 heteroatoms. The average Bonchev–Trinajstić information content (AvgIpc) is 3.13. The minimum Gasteiger partial charge on any atom is -0.467 e. The summed E-state index contributed by atoms with van der Waals surface area (Å²) >= 11 is 0. The highest BCUT2D eigenvalue weighted by molar-refractivity contribution is 6.00. The zero-order valence-corrected chi connectivity index (χ0v) is 14.0. The number of rotatable bonds is 4. The van der Waals surface area contributed by atoms with Crippen LogP contribution in [0.3, 0.4) is 0 Å². The van der Waals surface area contributed by atoms with Gasteiger partial charge in [0.2, 0.25) is 0 Å². The van der Waals surface area contributed by atoms with E-state index >= 15 is 0 Å². The lowest BCUT2D eigenvalue weighted by atomic mass is 9.98. The van der Waals surface area contributed by atoms with Crippen molar-refractivity contribution in [3.8, 4) is 11.1 Å². The van der Waals surface area contributed by atoms with Crippen LogP contribution in [0.25, 0.3) is 11.1 Å². The first-order chi connectivity index (χ1) is 12.4. The molecule has 134 valence electrons. The topological polar surface area (TPSA) is 33.5 Å². The average molecular weight is 359 g/mol. The fraction of sp³-hybridized carbons (Fsp3) is 0.150. The van der Waals surface area contributed by atoms with Gasteiger partial charge in [-0.1, -0.05) is 30.3 Å². The van der Waals surface area contributed by atoms with Crippen LogP contribution >= 0.6 is 0 Å². The SMILES string of the molecule is CN(Cc1ccco1)C(=O)c1ccccc1-c1ccc(C(F)(F)F)cc1. The number of benzene rings is 2. The lowest BCUT2D eigenvalue weighted by molar-refractivity contribution is -0.137. The predicted molar refractivity (Wildman–Crippen MR) is 91.4 cm³/mol. The Hall–Kier alpha value is -3.02. The molecule has 0 saturated carbocycles. The second-order valence-corrected chi connectivity index (χ2v) is 5.86. The molecule has 3 nitrogen and oxygen atoms in total. The first kappa shape index (κ1) is 17.8. The summed E-state index contributed by atoms with van der Waals surface area (Å²) in [5, 5.41) is 0. The maximum absolute atomic E-state index is 12.8. The number of hydrogen-bond donors (Lipinski definition) is 0. The van der Waals surface area contributed by atoms with Gasteiger partial charge >= 0.3 is 6.18 Å². The van der Waals surface area contributed by atoms with Gasteiger partial charge < -0.3 is 9.32 Å². The molecule has 0 aliphatic heterocycles. The van der Waals surface area contributed by atoms with Gasteiger partial charge in [-0.2, -0.15) is 13.2 Å². The Morgan fingerprint density at radius 2 is 1.69 bits per heavy atom. The molecule has 0 bridgehead atoms. The van der Waals surface area contributed by atoms with E-state index in [2.05, 4.69) is 0 Å². The molecule has 3 aromatic rings. The molecule has 0 spiro atoms. The van der Waals surface area contributed by atoms with Gasteiger partial charge in [-0.05, 0) is 41.5 Å². The van der Waals surface area contributed by atoms with Crippen LogP contribution in [0.5, 0.6) is 0 Å². The van der Waals surface area contributed by atoms with Crippen molar-refractivity contribution in [2.24, 2.45) is 0 Å². The fourth-order valence-electron chi connectivity index (χ4n) is 2.67. The minimum absolute atomic E-state index is 0.239. The second-order valence-electron chi connectivity index (χ2n) is 5.86. The molecule has 26 heavy (non-hydrogen) atoms. The molecular formula is C20H16F3NO2. The van der Waals surface area contributed by atoms with Crippen molar-refractivity contribution in [3.05, 3.63) is 83.8 Å². The standard InChI is InChI=1S/C20H16F3NO2/c1-24(13-16-5-4-12-26-16)19(25)18-7-3-2-6-17(18)14-8-10-15(11-9-14)20(21,22)23/h2-12H,13H2,1H3. The Morgan fingerprint density at radius 3 is 2.31 bits per heavy atom. The number of carbonyl (C=O) groups is 1. The van der Waals surface area contributed by atoms with Crippen molar-refractivity contribution in [2.75, 3.05) is 7.05 Å². The summed E-state index contributed by atoms with van der Waals surface area (Å²) < 4.78 is 43.5. The zero-order chi connectivity index (χ0) is 18.7. The number of nitrogens with zero attached hydrogens (tertiary/aromatic N) is 1. The van der Waals surface area contributed by atoms with Gasteiger partial charge in [-0.15, -0.1) is 0 Å². The molecule has 0 N–H and O–H groups in total. The Morgan fingerprint density at radius 1 is 1.00 bits per heavy atom. The highest BCUT2D eigenvalue weighted by atomic mass is 19.4. The first-order valence-corrected chi connectivity index (χ1v) is 7.91. The van der Waals surface area contributed by atoms with Gasteiger partial charge in [0.05, 0.1) is 18.4 Å². The Kier molecular flexibility index (Phi) is 4.84. The second kappa shape index (κ2) is 7.07. The van der Waals surface area contributed by atoms with Crippen LogP contribution in [0.4, 0.5) is 13.2 Å². The summed E-state index contributed by atoms with van der Waals surface area (Å²) in [5.74, 6) is 0.407. The molecule has 0 atom stereocenters. The minimum atomic E-state index is -4.39. The van der Waals surface area contributed by atoms with Gasteiger partial charge in [0.1, 0.15) is 5.76 Å². The molecule has 1 amide bonds. The number of carbonyl (C=O) groups excluding carboxylic acids is 1. The van der Waals surface area contributed by atoms with Crippen molar-refractivity contribution >= 4 is 5.91 Å². The number of furan rings is 1. The molecule has 0 fully saturated rings. The van der Waals surface area contributed by atoms with Gasteiger partial charge in [0, 0.05) is 12.6 Å². The highest BCUT2D eigenvalue weighted by Crippen LogP contribution is 2.32. The van der Waals surface area contributed by atoms with E-state index in [0.717, 1.165) is 12.1 Å². The van der Waals surface area contributed by atoms with Gasteiger partial charge in [-0.25, -0.2) is 0 Å². The maximum Gasteiger partial charge on any atom is 0.416 e. The smallest absolute Gasteiger partial charge is 0.416 e. The summed E-state index contributed by atoms with van der Waals surface area (Å²) in [6.07, 6.45) is -2.86. The number of halogens is 3. The van der Waals surface area contributed by atoms with Crippen LogP contribution in [0.15, 0.2) is 71.3 Å². The molecule has 3 rings (SSSR count). The molecule has 2 aromatic carbocycles. The third-order valence-electron chi connectivity index (χ3n) is 4.00. The van der Waals surface area contributed by atoms with Crippen molar-refractivity contribution in [1.82, 2.24) is 4.90 Å². The summed E-state index contributed by atoms with van der Waals surface area (Å²) in [7, 11) is 1.65. The summed E-state index contributed by atoms with van der Waals surface area (Å²) in [4.78, 5) is 14.3. The van der Waals surface area contributed by atoms with E-state index in [1.165, 1.54) is 23.3 Å². The number of amides is 1. The Labute approximate surface area is 148 Å². The van der Waals surface area contributed by atoms with E-state index in [-0.39, 0.29) is 5.91 Å². The van der Waals surface area contributed by atoms with E-state index in [1.54, 1.807) is 43.4 Å². The zero-order valence-electron chi connectivity index (χ0n) is 14.0.